The highest BCUT2D eigenvalue weighted by Crippen LogP contribution is 2.35. The maximum absolute atomic E-state index is 6.00. The van der Waals surface area contributed by atoms with Crippen LogP contribution in [0.1, 0.15) is 37.3 Å². The summed E-state index contributed by atoms with van der Waals surface area (Å²) >= 11 is 6.00. The van der Waals surface area contributed by atoms with Crippen molar-refractivity contribution >= 4 is 11.6 Å². The van der Waals surface area contributed by atoms with Crippen molar-refractivity contribution in [3.05, 3.63) is 41.2 Å². The minimum atomic E-state index is 0.570. The average molecular weight is 316 g/mol. The van der Waals surface area contributed by atoms with Crippen molar-refractivity contribution in [2.24, 2.45) is 5.92 Å². The Labute approximate surface area is 136 Å². The third-order valence-electron chi connectivity index (χ3n) is 4.95. The largest absolute Gasteiger partial charge is 0.302 e. The molecule has 0 amide bonds. The van der Waals surface area contributed by atoms with Gasteiger partial charge in [-0.05, 0) is 55.8 Å². The van der Waals surface area contributed by atoms with Crippen molar-refractivity contribution in [2.45, 2.75) is 31.6 Å². The van der Waals surface area contributed by atoms with Gasteiger partial charge in [-0.3, -0.25) is 5.10 Å². The standard InChI is InChI=1S/C18H22ClN3/c19-16-7-5-14(6-8-16)17-10-20-21-18(17)15-2-1-9-22(12-15)11-13-3-4-13/h5-8,10,13,15H,1-4,9,11-12H2,(H,20,21). The van der Waals surface area contributed by atoms with Gasteiger partial charge in [-0.25, -0.2) is 0 Å². The molecule has 4 rings (SSSR count). The minimum absolute atomic E-state index is 0.570. The summed E-state index contributed by atoms with van der Waals surface area (Å²) in [6, 6.07) is 8.07. The number of nitrogens with zero attached hydrogens (tertiary/aromatic N) is 2. The van der Waals surface area contributed by atoms with Crippen LogP contribution in [0.5, 0.6) is 0 Å². The molecule has 116 valence electrons. The molecule has 2 fully saturated rings. The zero-order valence-electron chi connectivity index (χ0n) is 12.8. The first-order chi connectivity index (χ1) is 10.8. The van der Waals surface area contributed by atoms with E-state index in [-0.39, 0.29) is 0 Å². The fourth-order valence-corrected chi connectivity index (χ4v) is 3.72. The molecule has 1 saturated heterocycles. The summed E-state index contributed by atoms with van der Waals surface area (Å²) in [5.74, 6) is 1.54. The Morgan fingerprint density at radius 3 is 2.77 bits per heavy atom. The molecule has 1 aromatic carbocycles. The van der Waals surface area contributed by atoms with E-state index in [0.29, 0.717) is 5.92 Å². The maximum Gasteiger partial charge on any atom is 0.0568 e. The summed E-state index contributed by atoms with van der Waals surface area (Å²) in [5.41, 5.74) is 3.73. The molecule has 0 spiro atoms. The normalized spacial score (nSPS) is 22.9. The van der Waals surface area contributed by atoms with Gasteiger partial charge in [0, 0.05) is 35.3 Å². The number of H-pyrrole nitrogens is 1. The molecule has 3 nitrogen and oxygen atoms in total. The Bertz CT molecular complexity index is 630. The fraction of sp³-hybridized carbons (Fsp3) is 0.500. The molecule has 2 aliphatic rings. The van der Waals surface area contributed by atoms with E-state index in [4.69, 9.17) is 11.6 Å². The summed E-state index contributed by atoms with van der Waals surface area (Å²) < 4.78 is 0. The second kappa shape index (κ2) is 6.05. The number of hydrogen-bond acceptors (Lipinski definition) is 2. The number of piperidine rings is 1. The molecule has 1 unspecified atom stereocenters. The molecule has 1 N–H and O–H groups in total. The number of aromatic amines is 1. The van der Waals surface area contributed by atoms with Gasteiger partial charge in [0.15, 0.2) is 0 Å². The van der Waals surface area contributed by atoms with E-state index in [2.05, 4.69) is 27.2 Å². The van der Waals surface area contributed by atoms with Crippen LogP contribution in [-0.2, 0) is 0 Å². The van der Waals surface area contributed by atoms with E-state index >= 15 is 0 Å². The Hall–Kier alpha value is -1.32. The molecule has 1 aliphatic heterocycles. The summed E-state index contributed by atoms with van der Waals surface area (Å²) in [6.07, 6.45) is 7.36. The third kappa shape index (κ3) is 3.06. The van der Waals surface area contributed by atoms with Gasteiger partial charge in [-0.2, -0.15) is 5.10 Å². The van der Waals surface area contributed by atoms with Gasteiger partial charge in [0.2, 0.25) is 0 Å². The first kappa shape index (κ1) is 14.3. The van der Waals surface area contributed by atoms with Crippen LogP contribution in [0.2, 0.25) is 5.02 Å². The fourth-order valence-electron chi connectivity index (χ4n) is 3.59. The number of rotatable bonds is 4. The number of likely N-dealkylation sites (tertiary alicyclic amines) is 1. The first-order valence-corrected chi connectivity index (χ1v) is 8.69. The zero-order chi connectivity index (χ0) is 14.9. The topological polar surface area (TPSA) is 31.9 Å². The lowest BCUT2D eigenvalue weighted by Gasteiger charge is -2.32. The highest BCUT2D eigenvalue weighted by Gasteiger charge is 2.29. The molecule has 2 heterocycles. The molecule has 22 heavy (non-hydrogen) atoms. The monoisotopic (exact) mass is 315 g/mol. The lowest BCUT2D eigenvalue weighted by molar-refractivity contribution is 0.199. The molecule has 0 radical (unpaired) electrons. The first-order valence-electron chi connectivity index (χ1n) is 8.31. The van der Waals surface area contributed by atoms with Crippen LogP contribution in [0.15, 0.2) is 30.5 Å². The van der Waals surface area contributed by atoms with Gasteiger partial charge < -0.3 is 4.90 Å². The maximum atomic E-state index is 6.00. The van der Waals surface area contributed by atoms with Gasteiger partial charge in [0.25, 0.3) is 0 Å². The van der Waals surface area contributed by atoms with Gasteiger partial charge in [-0.15, -0.1) is 0 Å². The Kier molecular flexibility index (Phi) is 3.93. The van der Waals surface area contributed by atoms with Crippen molar-refractivity contribution in [3.8, 4) is 11.1 Å². The van der Waals surface area contributed by atoms with E-state index in [0.717, 1.165) is 10.9 Å². The van der Waals surface area contributed by atoms with E-state index < -0.39 is 0 Å². The van der Waals surface area contributed by atoms with Crippen LogP contribution < -0.4 is 0 Å². The van der Waals surface area contributed by atoms with Crippen molar-refractivity contribution in [1.29, 1.82) is 0 Å². The minimum Gasteiger partial charge on any atom is -0.302 e. The average Bonchev–Trinajstić information content (AvgIpc) is 3.21. The number of aromatic nitrogens is 2. The highest BCUT2D eigenvalue weighted by molar-refractivity contribution is 6.30. The van der Waals surface area contributed by atoms with Crippen LogP contribution in [-0.4, -0.2) is 34.7 Å². The zero-order valence-corrected chi connectivity index (χ0v) is 13.5. The van der Waals surface area contributed by atoms with Gasteiger partial charge >= 0.3 is 0 Å². The Morgan fingerprint density at radius 1 is 1.18 bits per heavy atom. The van der Waals surface area contributed by atoms with Crippen LogP contribution in [0.3, 0.4) is 0 Å². The molecular formula is C18H22ClN3. The molecule has 1 aliphatic carbocycles. The van der Waals surface area contributed by atoms with Crippen molar-refractivity contribution < 1.29 is 0 Å². The van der Waals surface area contributed by atoms with E-state index in [9.17, 15) is 0 Å². The van der Waals surface area contributed by atoms with E-state index in [1.54, 1.807) is 0 Å². The van der Waals surface area contributed by atoms with Crippen molar-refractivity contribution in [1.82, 2.24) is 15.1 Å². The SMILES string of the molecule is Clc1ccc(-c2cn[nH]c2C2CCCN(CC3CC3)C2)cc1. The van der Waals surface area contributed by atoms with Crippen LogP contribution in [0.25, 0.3) is 11.1 Å². The van der Waals surface area contributed by atoms with E-state index in [1.165, 1.54) is 62.1 Å². The quantitative estimate of drug-likeness (QED) is 0.911. The molecule has 0 bridgehead atoms. The number of nitrogens with one attached hydrogen (secondary N) is 1. The summed E-state index contributed by atoms with van der Waals surface area (Å²) in [6.45, 7) is 3.72. The lowest BCUT2D eigenvalue weighted by Crippen LogP contribution is -2.36. The van der Waals surface area contributed by atoms with Gasteiger partial charge in [0.05, 0.1) is 6.20 Å². The number of benzene rings is 1. The summed E-state index contributed by atoms with van der Waals surface area (Å²) in [5, 5.41) is 8.37. The molecule has 1 aromatic heterocycles. The van der Waals surface area contributed by atoms with Crippen molar-refractivity contribution in [2.75, 3.05) is 19.6 Å². The summed E-state index contributed by atoms with van der Waals surface area (Å²) in [4.78, 5) is 2.65. The molecule has 4 heteroatoms. The third-order valence-corrected chi connectivity index (χ3v) is 5.20. The highest BCUT2D eigenvalue weighted by atomic mass is 35.5. The van der Waals surface area contributed by atoms with Crippen molar-refractivity contribution in [3.63, 3.8) is 0 Å². The summed E-state index contributed by atoms with van der Waals surface area (Å²) in [7, 11) is 0. The predicted octanol–water partition coefficient (Wildman–Crippen LogP) is 4.32. The van der Waals surface area contributed by atoms with Crippen LogP contribution in [0.4, 0.5) is 0 Å². The Morgan fingerprint density at radius 2 is 2.00 bits per heavy atom. The second-order valence-corrected chi connectivity index (χ2v) is 7.18. The number of halogens is 1. The van der Waals surface area contributed by atoms with Gasteiger partial charge in [-0.1, -0.05) is 23.7 Å². The molecule has 1 saturated carbocycles. The smallest absolute Gasteiger partial charge is 0.0568 e. The number of hydrogen-bond donors (Lipinski definition) is 1. The Balaban J connectivity index is 1.54. The lowest BCUT2D eigenvalue weighted by atomic mass is 9.90. The van der Waals surface area contributed by atoms with E-state index in [1.807, 2.05) is 18.3 Å². The molecule has 2 aromatic rings. The molecular weight excluding hydrogens is 294 g/mol. The molecule has 1 atom stereocenters. The van der Waals surface area contributed by atoms with Gasteiger partial charge in [0.1, 0.15) is 0 Å². The second-order valence-electron chi connectivity index (χ2n) is 6.75. The predicted molar refractivity (Wildman–Crippen MR) is 90.2 cm³/mol. The van der Waals surface area contributed by atoms with Crippen LogP contribution in [0, 0.1) is 5.92 Å². The van der Waals surface area contributed by atoms with Crippen LogP contribution >= 0.6 is 11.6 Å².